The first kappa shape index (κ1) is 20.4. The molecular weight excluding hydrogens is 388 g/mol. The van der Waals surface area contributed by atoms with Crippen LogP contribution in [0.4, 0.5) is 5.69 Å². The summed E-state index contributed by atoms with van der Waals surface area (Å²) in [7, 11) is 1.51. The molecule has 1 N–H and O–H groups in total. The molecule has 0 bridgehead atoms. The lowest BCUT2D eigenvalue weighted by Gasteiger charge is -2.22. The number of ether oxygens (including phenoxy) is 1. The van der Waals surface area contributed by atoms with Crippen LogP contribution in [0, 0.1) is 0 Å². The van der Waals surface area contributed by atoms with E-state index in [9.17, 15) is 9.59 Å². The predicted molar refractivity (Wildman–Crippen MR) is 114 cm³/mol. The van der Waals surface area contributed by atoms with Crippen molar-refractivity contribution in [3.63, 3.8) is 0 Å². The van der Waals surface area contributed by atoms with Crippen LogP contribution in [-0.2, 0) is 22.7 Å². The fourth-order valence-electron chi connectivity index (χ4n) is 2.88. The third kappa shape index (κ3) is 5.59. The van der Waals surface area contributed by atoms with E-state index in [0.29, 0.717) is 29.5 Å². The van der Waals surface area contributed by atoms with Crippen molar-refractivity contribution in [2.24, 2.45) is 0 Å². The van der Waals surface area contributed by atoms with Crippen molar-refractivity contribution in [2.45, 2.75) is 13.1 Å². The summed E-state index contributed by atoms with van der Waals surface area (Å²) in [6.45, 7) is 0.650. The number of methoxy groups -OCH3 is 1. The normalized spacial score (nSPS) is 10.3. The molecule has 0 radical (unpaired) electrons. The number of hydrogen-bond acceptors (Lipinski definition) is 3. The molecule has 0 atom stereocenters. The minimum atomic E-state index is -0.724. The van der Waals surface area contributed by atoms with E-state index in [1.54, 1.807) is 18.2 Å². The van der Waals surface area contributed by atoms with Gasteiger partial charge in [0.15, 0.2) is 0 Å². The zero-order valence-electron chi connectivity index (χ0n) is 16.0. The van der Waals surface area contributed by atoms with E-state index in [1.807, 2.05) is 60.7 Å². The molecule has 0 saturated carbocycles. The Morgan fingerprint density at radius 3 is 1.93 bits per heavy atom. The lowest BCUT2D eigenvalue weighted by Crippen LogP contribution is -2.38. The molecule has 148 valence electrons. The van der Waals surface area contributed by atoms with Gasteiger partial charge in [0.2, 0.25) is 0 Å². The predicted octanol–water partition coefficient (Wildman–Crippen LogP) is 4.52. The summed E-state index contributed by atoms with van der Waals surface area (Å²) in [6.07, 6.45) is 0. The summed E-state index contributed by atoms with van der Waals surface area (Å²) < 4.78 is 5.10. The molecule has 5 nitrogen and oxygen atoms in total. The van der Waals surface area contributed by atoms with Crippen LogP contribution in [0.15, 0.2) is 78.9 Å². The number of amides is 2. The number of rotatable bonds is 6. The van der Waals surface area contributed by atoms with E-state index in [4.69, 9.17) is 16.3 Å². The molecule has 3 aromatic carbocycles. The highest BCUT2D eigenvalue weighted by Gasteiger charge is 2.23. The summed E-state index contributed by atoms with van der Waals surface area (Å²) in [5.74, 6) is -0.853. The smallest absolute Gasteiger partial charge is 0.313 e. The second kappa shape index (κ2) is 9.75. The van der Waals surface area contributed by atoms with Crippen LogP contribution in [0.1, 0.15) is 11.1 Å². The maximum Gasteiger partial charge on any atom is 0.313 e. The second-order valence-electron chi connectivity index (χ2n) is 6.44. The van der Waals surface area contributed by atoms with Gasteiger partial charge in [0.1, 0.15) is 5.75 Å². The first-order valence-electron chi connectivity index (χ1n) is 9.08. The van der Waals surface area contributed by atoms with Gasteiger partial charge in [-0.3, -0.25) is 9.59 Å². The Morgan fingerprint density at radius 2 is 1.45 bits per heavy atom. The molecule has 0 aliphatic heterocycles. The Hall–Kier alpha value is -3.31. The van der Waals surface area contributed by atoms with Crippen molar-refractivity contribution < 1.29 is 14.3 Å². The fraction of sp³-hybridized carbons (Fsp3) is 0.130. The van der Waals surface area contributed by atoms with E-state index in [1.165, 1.54) is 12.0 Å². The van der Waals surface area contributed by atoms with E-state index in [0.717, 1.165) is 11.1 Å². The molecule has 0 unspecified atom stereocenters. The molecule has 6 heteroatoms. The highest BCUT2D eigenvalue weighted by Crippen LogP contribution is 2.27. The Morgan fingerprint density at radius 1 is 0.897 bits per heavy atom. The molecule has 0 aromatic heterocycles. The van der Waals surface area contributed by atoms with Crippen LogP contribution in [0.3, 0.4) is 0 Å². The molecule has 0 saturated heterocycles. The largest absolute Gasteiger partial charge is 0.495 e. The van der Waals surface area contributed by atoms with Crippen LogP contribution in [-0.4, -0.2) is 23.8 Å². The zero-order chi connectivity index (χ0) is 20.6. The lowest BCUT2D eigenvalue weighted by atomic mass is 10.1. The summed E-state index contributed by atoms with van der Waals surface area (Å²) in [5, 5.41) is 2.97. The highest BCUT2D eigenvalue weighted by atomic mass is 35.5. The van der Waals surface area contributed by atoms with Gasteiger partial charge < -0.3 is 15.0 Å². The summed E-state index contributed by atoms with van der Waals surface area (Å²) in [4.78, 5) is 27.1. The van der Waals surface area contributed by atoms with Gasteiger partial charge in [-0.05, 0) is 29.3 Å². The number of halogens is 1. The molecule has 0 spiro atoms. The number of nitrogens with one attached hydrogen (secondary N) is 1. The minimum Gasteiger partial charge on any atom is -0.495 e. The number of carbonyl (C=O) groups is 2. The topological polar surface area (TPSA) is 58.6 Å². The van der Waals surface area contributed by atoms with Crippen molar-refractivity contribution >= 4 is 29.1 Å². The van der Waals surface area contributed by atoms with Crippen molar-refractivity contribution in [1.29, 1.82) is 0 Å². The maximum absolute atomic E-state index is 12.9. The Bertz CT molecular complexity index is 936. The van der Waals surface area contributed by atoms with Crippen molar-refractivity contribution in [3.05, 3.63) is 95.0 Å². The summed E-state index contributed by atoms with van der Waals surface area (Å²) in [6, 6.07) is 23.9. The van der Waals surface area contributed by atoms with Crippen LogP contribution >= 0.6 is 11.6 Å². The minimum absolute atomic E-state index is 0.325. The van der Waals surface area contributed by atoms with Gasteiger partial charge in [0.05, 0.1) is 12.1 Å². The summed E-state index contributed by atoms with van der Waals surface area (Å²) >= 11 is 6.10. The van der Waals surface area contributed by atoms with E-state index in [-0.39, 0.29) is 0 Å². The monoisotopic (exact) mass is 408 g/mol. The third-order valence-electron chi connectivity index (χ3n) is 4.32. The molecule has 3 rings (SSSR count). The molecule has 0 heterocycles. The van der Waals surface area contributed by atoms with Crippen LogP contribution < -0.4 is 10.1 Å². The Labute approximate surface area is 174 Å². The lowest BCUT2D eigenvalue weighted by molar-refractivity contribution is -0.144. The molecule has 2 amide bonds. The van der Waals surface area contributed by atoms with Crippen molar-refractivity contribution in [3.8, 4) is 5.75 Å². The summed E-state index contributed by atoms with van der Waals surface area (Å²) in [5.41, 5.74) is 2.31. The fourth-order valence-corrected chi connectivity index (χ4v) is 3.14. The van der Waals surface area contributed by atoms with Crippen LogP contribution in [0.25, 0.3) is 0 Å². The maximum atomic E-state index is 12.9. The second-order valence-corrected chi connectivity index (χ2v) is 6.84. The molecule has 29 heavy (non-hydrogen) atoms. The number of nitrogens with zero attached hydrogens (tertiary/aromatic N) is 1. The van der Waals surface area contributed by atoms with E-state index in [2.05, 4.69) is 5.32 Å². The zero-order valence-corrected chi connectivity index (χ0v) is 16.7. The number of anilines is 1. The number of carbonyl (C=O) groups excluding carboxylic acids is 2. The average Bonchev–Trinajstić information content (AvgIpc) is 2.74. The molecule has 3 aromatic rings. The molecule has 0 fully saturated rings. The van der Waals surface area contributed by atoms with Gasteiger partial charge in [-0.15, -0.1) is 0 Å². The first-order chi connectivity index (χ1) is 14.1. The van der Waals surface area contributed by atoms with Gasteiger partial charge in [-0.1, -0.05) is 72.3 Å². The van der Waals surface area contributed by atoms with Crippen molar-refractivity contribution in [1.82, 2.24) is 4.90 Å². The Kier molecular flexibility index (Phi) is 6.87. The van der Waals surface area contributed by atoms with Crippen LogP contribution in [0.2, 0.25) is 5.02 Å². The Balaban J connectivity index is 1.77. The van der Waals surface area contributed by atoms with Crippen molar-refractivity contribution in [2.75, 3.05) is 12.4 Å². The quantitative estimate of drug-likeness (QED) is 0.610. The van der Waals surface area contributed by atoms with Gasteiger partial charge in [-0.25, -0.2) is 0 Å². The van der Waals surface area contributed by atoms with E-state index < -0.39 is 11.8 Å². The highest BCUT2D eigenvalue weighted by molar-refractivity contribution is 6.39. The van der Waals surface area contributed by atoms with Gasteiger partial charge in [-0.2, -0.15) is 0 Å². The van der Waals surface area contributed by atoms with Crippen LogP contribution in [0.5, 0.6) is 5.75 Å². The van der Waals surface area contributed by atoms with Gasteiger partial charge in [0, 0.05) is 18.8 Å². The number of hydrogen-bond donors (Lipinski definition) is 1. The molecule has 0 aliphatic rings. The molecule has 0 aliphatic carbocycles. The van der Waals surface area contributed by atoms with E-state index >= 15 is 0 Å². The molecular formula is C23H21ClN2O3. The standard InChI is InChI=1S/C23H21ClN2O3/c1-29-21-13-12-19(14-20(21)24)25-22(27)23(28)26(15-17-8-4-2-5-9-17)16-18-10-6-3-7-11-18/h2-14H,15-16H2,1H3,(H,25,27). The van der Waals surface area contributed by atoms with Gasteiger partial charge in [0.25, 0.3) is 0 Å². The third-order valence-corrected chi connectivity index (χ3v) is 4.62. The SMILES string of the molecule is COc1ccc(NC(=O)C(=O)N(Cc2ccccc2)Cc2ccccc2)cc1Cl. The van der Waals surface area contributed by atoms with Gasteiger partial charge >= 0.3 is 11.8 Å². The number of benzene rings is 3. The first-order valence-corrected chi connectivity index (χ1v) is 9.46. The average molecular weight is 409 g/mol.